The molecule has 0 radical (unpaired) electrons. The Morgan fingerprint density at radius 1 is 1.15 bits per heavy atom. The maximum atomic E-state index is 4.71. The van der Waals surface area contributed by atoms with Crippen LogP contribution in [-0.4, -0.2) is 62.1 Å². The van der Waals surface area contributed by atoms with Crippen LogP contribution >= 0.6 is 0 Å². The third-order valence-corrected chi connectivity index (χ3v) is 3.39. The van der Waals surface area contributed by atoms with Crippen LogP contribution in [0.15, 0.2) is 17.6 Å². The van der Waals surface area contributed by atoms with E-state index in [-0.39, 0.29) is 0 Å². The quantitative estimate of drug-likeness (QED) is 0.273. The molecule has 0 heterocycles. The molecule has 0 aliphatic carbocycles. The summed E-state index contributed by atoms with van der Waals surface area (Å²) in [6.07, 6.45) is 5.29. The number of aliphatic imine (C=N–C) groups is 1. The predicted octanol–water partition coefficient (Wildman–Crippen LogP) is 2.58. The van der Waals surface area contributed by atoms with Crippen molar-refractivity contribution in [3.63, 3.8) is 0 Å². The summed E-state index contributed by atoms with van der Waals surface area (Å²) >= 11 is 0. The van der Waals surface area contributed by atoms with Crippen molar-refractivity contribution in [2.24, 2.45) is 4.99 Å². The van der Waals surface area contributed by atoms with Gasteiger partial charge < -0.3 is 15.1 Å². The minimum absolute atomic E-state index is 0.893. The molecule has 0 aliphatic heterocycles. The molecule has 0 bridgehead atoms. The first-order chi connectivity index (χ1) is 9.69. The van der Waals surface area contributed by atoms with Gasteiger partial charge in [0.1, 0.15) is 0 Å². The van der Waals surface area contributed by atoms with E-state index in [1.807, 2.05) is 6.08 Å². The number of hydrogen-bond acceptors (Lipinski definition) is 2. The van der Waals surface area contributed by atoms with E-state index in [4.69, 9.17) is 4.99 Å². The second-order valence-electron chi connectivity index (χ2n) is 4.97. The smallest absolute Gasteiger partial charge is 0.193 e. The summed E-state index contributed by atoms with van der Waals surface area (Å²) in [5.74, 6) is 1.02. The van der Waals surface area contributed by atoms with Crippen LogP contribution in [-0.2, 0) is 0 Å². The lowest BCUT2D eigenvalue weighted by Gasteiger charge is -2.22. The van der Waals surface area contributed by atoms with Crippen molar-refractivity contribution in [2.75, 3.05) is 46.3 Å². The summed E-state index contributed by atoms with van der Waals surface area (Å²) in [5.41, 5.74) is 0. The highest BCUT2D eigenvalue weighted by Gasteiger charge is 2.04. The highest BCUT2D eigenvalue weighted by molar-refractivity contribution is 5.79. The molecule has 20 heavy (non-hydrogen) atoms. The molecule has 0 fully saturated rings. The Balaban J connectivity index is 4.14. The summed E-state index contributed by atoms with van der Waals surface area (Å²) < 4.78 is 0. The van der Waals surface area contributed by atoms with E-state index < -0.39 is 0 Å². The van der Waals surface area contributed by atoms with E-state index in [2.05, 4.69) is 49.5 Å². The molecule has 0 aromatic carbocycles. The molecule has 0 saturated carbocycles. The second kappa shape index (κ2) is 13.0. The van der Waals surface area contributed by atoms with Crippen LogP contribution < -0.4 is 5.32 Å². The minimum atomic E-state index is 0.893. The van der Waals surface area contributed by atoms with E-state index in [1.165, 1.54) is 0 Å². The van der Waals surface area contributed by atoms with Gasteiger partial charge in [0.2, 0.25) is 0 Å². The highest BCUT2D eigenvalue weighted by atomic mass is 15.3. The van der Waals surface area contributed by atoms with Crippen LogP contribution in [0, 0.1) is 0 Å². The molecule has 0 aromatic rings. The summed E-state index contributed by atoms with van der Waals surface area (Å²) in [7, 11) is 2.11. The molecule has 0 aromatic heterocycles. The van der Waals surface area contributed by atoms with Crippen molar-refractivity contribution in [3.8, 4) is 0 Å². The van der Waals surface area contributed by atoms with Crippen LogP contribution in [0.1, 0.15) is 40.0 Å². The van der Waals surface area contributed by atoms with Crippen LogP contribution in [0.4, 0.5) is 0 Å². The molecule has 0 unspecified atom stereocenters. The minimum Gasteiger partial charge on any atom is -0.357 e. The van der Waals surface area contributed by atoms with Gasteiger partial charge in [0.05, 0.1) is 0 Å². The number of rotatable bonds is 11. The number of nitrogens with zero attached hydrogens (tertiary/aromatic N) is 3. The molecular formula is C16H34N4. The second-order valence-corrected chi connectivity index (χ2v) is 4.97. The van der Waals surface area contributed by atoms with Gasteiger partial charge in [-0.05, 0) is 45.8 Å². The topological polar surface area (TPSA) is 30.9 Å². The van der Waals surface area contributed by atoms with Crippen molar-refractivity contribution in [3.05, 3.63) is 12.7 Å². The van der Waals surface area contributed by atoms with Gasteiger partial charge in [-0.15, -0.1) is 6.58 Å². The largest absolute Gasteiger partial charge is 0.357 e. The Bertz CT molecular complexity index is 259. The molecule has 0 aliphatic rings. The first-order valence-electron chi connectivity index (χ1n) is 8.02. The van der Waals surface area contributed by atoms with Crippen LogP contribution in [0.25, 0.3) is 0 Å². The Morgan fingerprint density at radius 3 is 2.40 bits per heavy atom. The first-order valence-corrected chi connectivity index (χ1v) is 8.02. The van der Waals surface area contributed by atoms with Gasteiger partial charge in [0.15, 0.2) is 5.96 Å². The van der Waals surface area contributed by atoms with E-state index in [0.29, 0.717) is 0 Å². The molecule has 0 amide bonds. The fourth-order valence-corrected chi connectivity index (χ4v) is 2.07. The average Bonchev–Trinajstić information content (AvgIpc) is 2.46. The number of guanidine groups is 1. The number of nitrogens with one attached hydrogen (secondary N) is 1. The van der Waals surface area contributed by atoms with E-state index in [0.717, 1.165) is 64.5 Å². The Kier molecular flexibility index (Phi) is 12.3. The third-order valence-electron chi connectivity index (χ3n) is 3.39. The lowest BCUT2D eigenvalue weighted by Crippen LogP contribution is -2.39. The SMILES string of the molecule is C=CCCCN(C)C(=NCCCN(CC)CC)NCC. The third kappa shape index (κ3) is 8.97. The molecule has 0 atom stereocenters. The van der Waals surface area contributed by atoms with Gasteiger partial charge in [-0.1, -0.05) is 19.9 Å². The number of allylic oxidation sites excluding steroid dienone is 1. The van der Waals surface area contributed by atoms with Crippen LogP contribution in [0.3, 0.4) is 0 Å². The van der Waals surface area contributed by atoms with Crippen molar-refractivity contribution >= 4 is 5.96 Å². The Labute approximate surface area is 125 Å². The zero-order valence-electron chi connectivity index (χ0n) is 14.0. The average molecular weight is 282 g/mol. The predicted molar refractivity (Wildman–Crippen MR) is 90.4 cm³/mol. The van der Waals surface area contributed by atoms with Crippen molar-refractivity contribution in [2.45, 2.75) is 40.0 Å². The van der Waals surface area contributed by atoms with Gasteiger partial charge in [0.25, 0.3) is 0 Å². The van der Waals surface area contributed by atoms with Crippen LogP contribution in [0.2, 0.25) is 0 Å². The first kappa shape index (κ1) is 19.0. The van der Waals surface area contributed by atoms with Crippen molar-refractivity contribution < 1.29 is 0 Å². The van der Waals surface area contributed by atoms with Gasteiger partial charge in [-0.2, -0.15) is 0 Å². The van der Waals surface area contributed by atoms with Gasteiger partial charge in [0, 0.05) is 26.7 Å². The van der Waals surface area contributed by atoms with Gasteiger partial charge >= 0.3 is 0 Å². The molecular weight excluding hydrogens is 248 g/mol. The zero-order valence-corrected chi connectivity index (χ0v) is 14.0. The fraction of sp³-hybridized carbons (Fsp3) is 0.812. The molecule has 1 N–H and O–H groups in total. The molecule has 4 heteroatoms. The molecule has 0 spiro atoms. The summed E-state index contributed by atoms with van der Waals surface area (Å²) in [4.78, 5) is 9.37. The highest BCUT2D eigenvalue weighted by Crippen LogP contribution is 1.96. The van der Waals surface area contributed by atoms with Gasteiger partial charge in [-0.25, -0.2) is 0 Å². The fourth-order valence-electron chi connectivity index (χ4n) is 2.07. The maximum absolute atomic E-state index is 4.71. The summed E-state index contributed by atoms with van der Waals surface area (Å²) in [5, 5.41) is 3.36. The van der Waals surface area contributed by atoms with E-state index in [1.54, 1.807) is 0 Å². The number of unbranched alkanes of at least 4 members (excludes halogenated alkanes) is 1. The summed E-state index contributed by atoms with van der Waals surface area (Å²) in [6, 6.07) is 0. The molecule has 0 rings (SSSR count). The van der Waals surface area contributed by atoms with Crippen molar-refractivity contribution in [1.82, 2.24) is 15.1 Å². The molecule has 0 saturated heterocycles. The lowest BCUT2D eigenvalue weighted by molar-refractivity contribution is 0.301. The monoisotopic (exact) mass is 282 g/mol. The Hall–Kier alpha value is -1.03. The van der Waals surface area contributed by atoms with Crippen molar-refractivity contribution in [1.29, 1.82) is 0 Å². The maximum Gasteiger partial charge on any atom is 0.193 e. The van der Waals surface area contributed by atoms with E-state index in [9.17, 15) is 0 Å². The normalized spacial score (nSPS) is 11.8. The summed E-state index contributed by atoms with van der Waals surface area (Å²) in [6.45, 7) is 16.5. The number of hydrogen-bond donors (Lipinski definition) is 1. The molecule has 118 valence electrons. The molecule has 4 nitrogen and oxygen atoms in total. The van der Waals surface area contributed by atoms with Crippen LogP contribution in [0.5, 0.6) is 0 Å². The van der Waals surface area contributed by atoms with E-state index >= 15 is 0 Å². The Morgan fingerprint density at radius 2 is 1.85 bits per heavy atom. The zero-order chi connectivity index (χ0) is 15.2. The standard InChI is InChI=1S/C16H34N4/c1-6-10-11-14-19(5)16(17-7-2)18-13-12-15-20(8-3)9-4/h6H,1,7-15H2,2-5H3,(H,17,18). The van der Waals surface area contributed by atoms with Gasteiger partial charge in [-0.3, -0.25) is 4.99 Å². The lowest BCUT2D eigenvalue weighted by atomic mass is 10.3.